The van der Waals surface area contributed by atoms with Gasteiger partial charge in [-0.2, -0.15) is 0 Å². The zero-order valence-electron chi connectivity index (χ0n) is 14.7. The maximum absolute atomic E-state index is 13.3. The van der Waals surface area contributed by atoms with Crippen LogP contribution in [0, 0.1) is 11.2 Å². The van der Waals surface area contributed by atoms with Crippen LogP contribution in [0.4, 0.5) is 4.39 Å². The van der Waals surface area contributed by atoms with Crippen LogP contribution in [0.15, 0.2) is 42.5 Å². The zero-order chi connectivity index (χ0) is 18.7. The molecule has 0 atom stereocenters. The van der Waals surface area contributed by atoms with Crippen LogP contribution in [-0.2, 0) is 11.2 Å². The molecule has 6 heteroatoms. The van der Waals surface area contributed by atoms with Gasteiger partial charge in [0.2, 0.25) is 5.91 Å². The third kappa shape index (κ3) is 3.90. The lowest BCUT2D eigenvalue weighted by atomic mass is 9.80. The van der Waals surface area contributed by atoms with Crippen molar-refractivity contribution in [3.05, 3.63) is 65.2 Å². The number of nitrogens with zero attached hydrogens (tertiary/aromatic N) is 2. The first-order valence-corrected chi connectivity index (χ1v) is 8.67. The van der Waals surface area contributed by atoms with E-state index >= 15 is 0 Å². The van der Waals surface area contributed by atoms with Crippen molar-refractivity contribution in [2.75, 3.05) is 13.1 Å². The Hall–Kier alpha value is -2.76. The van der Waals surface area contributed by atoms with Gasteiger partial charge in [-0.05, 0) is 42.7 Å². The van der Waals surface area contributed by atoms with Crippen LogP contribution in [0.5, 0.6) is 0 Å². The van der Waals surface area contributed by atoms with Gasteiger partial charge >= 0.3 is 0 Å². The van der Waals surface area contributed by atoms with Crippen molar-refractivity contribution in [1.82, 2.24) is 9.88 Å². The predicted molar refractivity (Wildman–Crippen MR) is 95.9 cm³/mol. The Balaban J connectivity index is 1.70. The zero-order valence-corrected chi connectivity index (χ0v) is 14.7. The minimum atomic E-state index is -0.552. The average molecular weight is 355 g/mol. The number of amides is 2. The van der Waals surface area contributed by atoms with Crippen LogP contribution in [-0.4, -0.2) is 34.8 Å². The first-order valence-electron chi connectivity index (χ1n) is 8.67. The summed E-state index contributed by atoms with van der Waals surface area (Å²) in [4.78, 5) is 30.4. The smallest absolute Gasteiger partial charge is 0.272 e. The molecule has 0 aliphatic carbocycles. The Morgan fingerprint density at radius 1 is 1.19 bits per heavy atom. The fourth-order valence-corrected chi connectivity index (χ4v) is 3.16. The molecule has 0 spiro atoms. The molecule has 2 aromatic rings. The summed E-state index contributed by atoms with van der Waals surface area (Å²) in [7, 11) is 0. The van der Waals surface area contributed by atoms with Crippen molar-refractivity contribution in [2.24, 2.45) is 11.1 Å². The van der Waals surface area contributed by atoms with E-state index < -0.39 is 5.41 Å². The number of piperidine rings is 1. The predicted octanol–water partition coefficient (Wildman–Crippen LogP) is 2.54. The summed E-state index contributed by atoms with van der Waals surface area (Å²) in [5.41, 5.74) is 6.78. The van der Waals surface area contributed by atoms with Gasteiger partial charge < -0.3 is 10.6 Å². The van der Waals surface area contributed by atoms with Crippen LogP contribution >= 0.6 is 0 Å². The molecule has 1 fully saturated rings. The van der Waals surface area contributed by atoms with Crippen LogP contribution in [0.3, 0.4) is 0 Å². The van der Waals surface area contributed by atoms with E-state index in [1.807, 2.05) is 19.1 Å². The van der Waals surface area contributed by atoms with E-state index in [-0.39, 0.29) is 17.6 Å². The van der Waals surface area contributed by atoms with E-state index in [4.69, 9.17) is 5.73 Å². The van der Waals surface area contributed by atoms with E-state index in [1.54, 1.807) is 23.1 Å². The van der Waals surface area contributed by atoms with Crippen molar-refractivity contribution in [3.8, 4) is 0 Å². The van der Waals surface area contributed by atoms with Crippen LogP contribution in [0.2, 0.25) is 0 Å². The lowest BCUT2D eigenvalue weighted by molar-refractivity contribution is -0.129. The maximum Gasteiger partial charge on any atom is 0.272 e. The van der Waals surface area contributed by atoms with E-state index in [2.05, 4.69) is 4.98 Å². The fraction of sp³-hybridized carbons (Fsp3) is 0.350. The molecule has 1 aromatic carbocycles. The third-order valence-corrected chi connectivity index (χ3v) is 5.05. The SMILES string of the molecule is CC1(C(N)=O)CCN(C(=O)c2cccc(Cc3cccc(F)c3)n2)CC1. The van der Waals surface area contributed by atoms with Crippen molar-refractivity contribution in [1.29, 1.82) is 0 Å². The summed E-state index contributed by atoms with van der Waals surface area (Å²) in [5, 5.41) is 0. The monoisotopic (exact) mass is 355 g/mol. The fourth-order valence-electron chi connectivity index (χ4n) is 3.16. The number of hydrogen-bond donors (Lipinski definition) is 1. The highest BCUT2D eigenvalue weighted by atomic mass is 19.1. The molecule has 2 amide bonds. The van der Waals surface area contributed by atoms with Gasteiger partial charge in [0, 0.05) is 30.6 Å². The second kappa shape index (κ2) is 7.23. The molecular formula is C20H22FN3O2. The number of hydrogen-bond acceptors (Lipinski definition) is 3. The number of rotatable bonds is 4. The minimum absolute atomic E-state index is 0.155. The Morgan fingerprint density at radius 3 is 2.54 bits per heavy atom. The second-order valence-electron chi connectivity index (χ2n) is 7.04. The van der Waals surface area contributed by atoms with E-state index in [0.29, 0.717) is 43.7 Å². The average Bonchev–Trinajstić information content (AvgIpc) is 2.62. The standard InChI is InChI=1S/C20H22FN3O2/c1-20(19(22)26)8-10-24(11-9-20)18(25)17-7-3-6-16(23-17)13-14-4-2-5-15(21)12-14/h2-7,12H,8-11,13H2,1H3,(H2,22,26). The summed E-state index contributed by atoms with van der Waals surface area (Å²) in [6, 6.07) is 11.6. The number of carbonyl (C=O) groups is 2. The van der Waals surface area contributed by atoms with Gasteiger partial charge in [0.15, 0.2) is 0 Å². The molecule has 2 heterocycles. The van der Waals surface area contributed by atoms with Crippen molar-refractivity contribution in [2.45, 2.75) is 26.2 Å². The molecule has 0 bridgehead atoms. The lowest BCUT2D eigenvalue weighted by Gasteiger charge is -2.37. The van der Waals surface area contributed by atoms with Crippen LogP contribution in [0.1, 0.15) is 41.5 Å². The topological polar surface area (TPSA) is 76.3 Å². The van der Waals surface area contributed by atoms with E-state index in [1.165, 1.54) is 12.1 Å². The number of likely N-dealkylation sites (tertiary alicyclic amines) is 1. The van der Waals surface area contributed by atoms with E-state index in [0.717, 1.165) is 5.56 Å². The highest BCUT2D eigenvalue weighted by molar-refractivity contribution is 5.92. The van der Waals surface area contributed by atoms with Crippen molar-refractivity contribution in [3.63, 3.8) is 0 Å². The summed E-state index contributed by atoms with van der Waals surface area (Å²) in [6.07, 6.45) is 1.56. The quantitative estimate of drug-likeness (QED) is 0.916. The first kappa shape index (κ1) is 18.0. The molecule has 2 N–H and O–H groups in total. The Bertz CT molecular complexity index is 829. The molecule has 0 radical (unpaired) electrons. The summed E-state index contributed by atoms with van der Waals surface area (Å²) in [5.74, 6) is -0.766. The van der Waals surface area contributed by atoms with Gasteiger partial charge in [-0.15, -0.1) is 0 Å². The van der Waals surface area contributed by atoms with Crippen LogP contribution in [0.25, 0.3) is 0 Å². The molecule has 0 unspecified atom stereocenters. The molecule has 1 saturated heterocycles. The first-order chi connectivity index (χ1) is 12.4. The van der Waals surface area contributed by atoms with Gasteiger partial charge in [0.25, 0.3) is 5.91 Å². The molecule has 136 valence electrons. The lowest BCUT2D eigenvalue weighted by Crippen LogP contribution is -2.47. The number of pyridine rings is 1. The highest BCUT2D eigenvalue weighted by Gasteiger charge is 2.36. The van der Waals surface area contributed by atoms with Crippen molar-refractivity contribution >= 4 is 11.8 Å². The van der Waals surface area contributed by atoms with Gasteiger partial charge in [0.05, 0.1) is 0 Å². The number of primary amides is 1. The molecule has 5 nitrogen and oxygen atoms in total. The number of carbonyl (C=O) groups excluding carboxylic acids is 2. The second-order valence-corrected chi connectivity index (χ2v) is 7.04. The van der Waals surface area contributed by atoms with Gasteiger partial charge in [0.1, 0.15) is 11.5 Å². The molecule has 0 saturated carbocycles. The van der Waals surface area contributed by atoms with Gasteiger partial charge in [-0.3, -0.25) is 9.59 Å². The molecule has 26 heavy (non-hydrogen) atoms. The molecule has 1 aliphatic rings. The third-order valence-electron chi connectivity index (χ3n) is 5.05. The summed E-state index contributed by atoms with van der Waals surface area (Å²) >= 11 is 0. The molecule has 3 rings (SSSR count). The largest absolute Gasteiger partial charge is 0.369 e. The maximum atomic E-state index is 13.3. The minimum Gasteiger partial charge on any atom is -0.369 e. The highest BCUT2D eigenvalue weighted by Crippen LogP contribution is 2.30. The number of benzene rings is 1. The van der Waals surface area contributed by atoms with Crippen molar-refractivity contribution < 1.29 is 14.0 Å². The number of halogens is 1. The summed E-state index contributed by atoms with van der Waals surface area (Å²) < 4.78 is 13.3. The Morgan fingerprint density at radius 2 is 1.88 bits per heavy atom. The molecule has 1 aromatic heterocycles. The number of nitrogens with two attached hydrogens (primary N) is 1. The van der Waals surface area contributed by atoms with Gasteiger partial charge in [-0.25, -0.2) is 9.37 Å². The number of aromatic nitrogens is 1. The Kier molecular flexibility index (Phi) is 5.02. The molecule has 1 aliphatic heterocycles. The van der Waals surface area contributed by atoms with Gasteiger partial charge in [-0.1, -0.05) is 25.1 Å². The summed E-state index contributed by atoms with van der Waals surface area (Å²) in [6.45, 7) is 2.80. The van der Waals surface area contributed by atoms with Crippen LogP contribution < -0.4 is 5.73 Å². The molecular weight excluding hydrogens is 333 g/mol. The Labute approximate surface area is 152 Å². The normalized spacial score (nSPS) is 16.3. The van der Waals surface area contributed by atoms with E-state index in [9.17, 15) is 14.0 Å².